The maximum absolute atomic E-state index is 6.75. The van der Waals surface area contributed by atoms with E-state index in [1.54, 1.807) is 0 Å². The normalized spacial score (nSPS) is 2.29. The molecule has 0 aromatic rings. The first-order valence-electron chi connectivity index (χ1n) is 1.60. The van der Waals surface area contributed by atoms with Gasteiger partial charge in [-0.25, -0.2) is 0 Å². The van der Waals surface area contributed by atoms with Crippen LogP contribution in [0.25, 0.3) is 63.9 Å². The van der Waals surface area contributed by atoms with Gasteiger partial charge in [-0.05, 0) is 0 Å². The summed E-state index contributed by atoms with van der Waals surface area (Å²) >= 11 is 0. The summed E-state index contributed by atoms with van der Waals surface area (Å²) in [6, 6.07) is 0. The van der Waals surface area contributed by atoms with Crippen LogP contribution in [0, 0.1) is 0 Å². The van der Waals surface area contributed by atoms with E-state index in [4.69, 9.17) is 44.2 Å². The van der Waals surface area contributed by atoms with Gasteiger partial charge in [-0.1, -0.05) is 0 Å². The van der Waals surface area contributed by atoms with Crippen molar-refractivity contribution in [3.63, 3.8) is 0 Å². The zero-order valence-corrected chi connectivity index (χ0v) is 8.81. The number of hydrogen-bond donors (Lipinski definition) is 0. The topological polar surface area (TPSA) is 265 Å². The second-order valence-electron chi connectivity index (χ2n) is 0.358. The Hall–Kier alpha value is -2.05. The molecule has 0 heterocycles. The van der Waals surface area contributed by atoms with Gasteiger partial charge >= 0.3 is 35.7 Å². The molecule has 0 N–H and O–H groups in total. The number of nitrogens with zero attached hydrogens (tertiary/aromatic N) is 13. The minimum absolute atomic E-state index is 0. The molecule has 0 aliphatic rings. The Bertz CT molecular complexity index is 137. The molecule has 0 aromatic heterocycles. The predicted octanol–water partition coefficient (Wildman–Crippen LogP) is -0.0122. The van der Waals surface area contributed by atoms with Crippen molar-refractivity contribution in [3.8, 4) is 0 Å². The molecule has 13 nitrogen and oxygen atoms in total. The van der Waals surface area contributed by atoms with Crippen LogP contribution in [-0.4, -0.2) is 0 Å². The summed E-state index contributed by atoms with van der Waals surface area (Å²) in [6.45, 7) is 0. The van der Waals surface area contributed by atoms with E-state index in [0.717, 1.165) is 0 Å². The van der Waals surface area contributed by atoms with Crippen molar-refractivity contribution < 1.29 is 29.6 Å². The average Bonchev–Trinajstić information content (AvgIpc) is 1.92. The zero-order valence-electron chi connectivity index (χ0n) is 6.81. The summed E-state index contributed by atoms with van der Waals surface area (Å²) in [5.74, 6) is 0. The predicted molar refractivity (Wildman–Crippen MR) is 42.4 cm³/mol. The summed E-state index contributed by atoms with van der Waals surface area (Å²) in [4.78, 5) is 6.00. The molecular formula is N13Na. The summed E-state index contributed by atoms with van der Waals surface area (Å²) in [6.07, 6.45) is 0. The first kappa shape index (κ1) is 40.5. The summed E-state index contributed by atoms with van der Waals surface area (Å²) in [7, 11) is 0. The smallest absolute Gasteiger partial charge is 0.373 e. The largest absolute Gasteiger partial charge is 3.00 e. The van der Waals surface area contributed by atoms with Crippen LogP contribution in [0.3, 0.4) is 0 Å². The second-order valence-corrected chi connectivity index (χ2v) is 0.358. The van der Waals surface area contributed by atoms with Gasteiger partial charge in [0.05, 0.1) is 0 Å². The van der Waals surface area contributed by atoms with Crippen molar-refractivity contribution in [1.82, 2.24) is 6.15 Å². The molecule has 14 heteroatoms. The first-order valence-corrected chi connectivity index (χ1v) is 1.60. The molecule has 0 saturated carbocycles. The molecule has 0 spiro atoms. The molecule has 0 unspecified atom stereocenters. The third-order valence-electron chi connectivity index (χ3n) is 0. The van der Waals surface area contributed by atoms with Gasteiger partial charge in [0.25, 0.3) is 0 Å². The fourth-order valence-electron chi connectivity index (χ4n) is 0. The van der Waals surface area contributed by atoms with Gasteiger partial charge in [-0.15, -0.1) is 0 Å². The van der Waals surface area contributed by atoms with Crippen molar-refractivity contribution >= 4 is 0 Å². The molecule has 0 amide bonds. The molecule has 0 saturated heterocycles. The first-order chi connectivity index (χ1) is 5.66. The van der Waals surface area contributed by atoms with Crippen LogP contribution in [0.4, 0.5) is 0 Å². The maximum Gasteiger partial charge on any atom is 3.00 e. The summed E-state index contributed by atoms with van der Waals surface area (Å²) in [5.41, 5.74) is 54.0. The van der Waals surface area contributed by atoms with E-state index in [2.05, 4.69) is 0 Å². The van der Waals surface area contributed by atoms with Crippen molar-refractivity contribution in [1.29, 1.82) is 0 Å². The van der Waals surface area contributed by atoms with Gasteiger partial charge in [0.1, 0.15) is 0 Å². The van der Waals surface area contributed by atoms with Crippen molar-refractivity contribution in [2.24, 2.45) is 0 Å². The fraction of sp³-hybridized carbons (Fsp3) is 0. The second kappa shape index (κ2) is 285. The van der Waals surface area contributed by atoms with Crippen LogP contribution in [-0.2, 0) is 0 Å². The maximum atomic E-state index is 6.75. The minimum Gasteiger partial charge on any atom is -0.373 e. The van der Waals surface area contributed by atoms with E-state index in [1.807, 2.05) is 0 Å². The number of rotatable bonds is 0. The van der Waals surface area contributed by atoms with Gasteiger partial charge in [0.15, 0.2) is 0 Å². The number of hydrogen-bond acceptors (Lipinski definition) is 0. The molecule has 0 atom stereocenters. The molecule has 0 rings (SSSR count). The molecule has 0 aromatic carbocycles. The molecule has 0 aliphatic carbocycles. The van der Waals surface area contributed by atoms with E-state index in [-0.39, 0.29) is 35.7 Å². The third-order valence-corrected chi connectivity index (χ3v) is 0. The Morgan fingerprint density at radius 3 is 0.429 bits per heavy atom. The van der Waals surface area contributed by atoms with Crippen LogP contribution < -0.4 is 35.7 Å². The monoisotopic (exact) mass is 205 g/mol. The van der Waals surface area contributed by atoms with E-state index in [9.17, 15) is 0 Å². The standard InChI is InChI=1S/4N3.N.Na/c4*1-3-2;;/q4*-1;+3;+1. The summed E-state index contributed by atoms with van der Waals surface area (Å²) in [5, 5.41) is 0. The van der Waals surface area contributed by atoms with Crippen LogP contribution in [0.5, 0.6) is 0 Å². The Morgan fingerprint density at radius 2 is 0.429 bits per heavy atom. The molecule has 0 bridgehead atoms. The SMILES string of the molecule is [N+3].[N-]=[N+]=[N-].[N-]=[N+]=[N-].[N-]=[N+]=[N-].[N-]=[N+]=[N-].[Na+]. The van der Waals surface area contributed by atoms with Crippen LogP contribution in [0.1, 0.15) is 0 Å². The van der Waals surface area contributed by atoms with Gasteiger partial charge < -0.3 is 44.2 Å². The van der Waals surface area contributed by atoms with Crippen molar-refractivity contribution in [2.45, 2.75) is 0 Å². The minimum atomic E-state index is 0. The van der Waals surface area contributed by atoms with Crippen LogP contribution >= 0.6 is 0 Å². The molecule has 2 radical (unpaired) electrons. The Labute approximate surface area is 99.6 Å². The third kappa shape index (κ3) is 190. The van der Waals surface area contributed by atoms with Crippen molar-refractivity contribution in [2.75, 3.05) is 0 Å². The molecular weight excluding hydrogens is 205 g/mol. The molecule has 0 fully saturated rings. The molecule has 14 heavy (non-hydrogen) atoms. The molecule has 66 valence electrons. The molecule has 0 aliphatic heterocycles. The average molecular weight is 205 g/mol. The van der Waals surface area contributed by atoms with E-state index >= 15 is 0 Å². The van der Waals surface area contributed by atoms with E-state index in [0.29, 0.717) is 0 Å². The Morgan fingerprint density at radius 1 is 0.429 bits per heavy atom. The van der Waals surface area contributed by atoms with Gasteiger partial charge in [-0.3, -0.25) is 19.6 Å². The van der Waals surface area contributed by atoms with Gasteiger partial charge in [0, 0.05) is 0 Å². The Balaban J connectivity index is -0.0000000145. The van der Waals surface area contributed by atoms with Gasteiger partial charge in [-0.2, -0.15) is 0 Å². The fourth-order valence-corrected chi connectivity index (χ4v) is 0. The quantitative estimate of drug-likeness (QED) is 0.218. The Kier molecular flexibility index (Phi) is 824. The van der Waals surface area contributed by atoms with E-state index in [1.165, 1.54) is 19.6 Å². The van der Waals surface area contributed by atoms with Crippen molar-refractivity contribution in [3.05, 3.63) is 63.9 Å². The zero-order chi connectivity index (χ0) is 10.8. The summed E-state index contributed by atoms with van der Waals surface area (Å²) < 4.78 is 0. The van der Waals surface area contributed by atoms with Crippen LogP contribution in [0.15, 0.2) is 0 Å². The van der Waals surface area contributed by atoms with Gasteiger partial charge in [0.2, 0.25) is 0 Å². The van der Waals surface area contributed by atoms with E-state index < -0.39 is 0 Å². The van der Waals surface area contributed by atoms with Crippen LogP contribution in [0.2, 0.25) is 0 Å².